The highest BCUT2D eigenvalue weighted by Crippen LogP contribution is 2.63. The number of hydrogen-bond acceptors (Lipinski definition) is 2. The Balaban J connectivity index is 1.11. The molecule has 9 aromatic carbocycles. The van der Waals surface area contributed by atoms with Crippen LogP contribution in [0.4, 0.5) is 21.5 Å². The van der Waals surface area contributed by atoms with Crippen molar-refractivity contribution in [1.82, 2.24) is 0 Å². The lowest BCUT2D eigenvalue weighted by molar-refractivity contribution is 0.441. The van der Waals surface area contributed by atoms with Crippen LogP contribution in [0, 0.1) is 5.82 Å². The zero-order chi connectivity index (χ0) is 39.5. The van der Waals surface area contributed by atoms with Crippen LogP contribution in [0.15, 0.2) is 194 Å². The fourth-order valence-corrected chi connectivity index (χ4v) is 10.5. The zero-order valence-electron chi connectivity index (χ0n) is 32.7. The summed E-state index contributed by atoms with van der Waals surface area (Å²) in [7, 11) is 0. The molecule has 0 saturated heterocycles. The SMILES string of the molecule is CC1(C)c2ccccc2-c2ccc(N(c3ccc(-c4ccc(F)cc4)cc3)c3ccc4c(c3)C3(c5ccccc5Oc5c3ccc3ccccc53)c3ccccc3-4)cc21. The van der Waals surface area contributed by atoms with E-state index in [1.54, 1.807) is 0 Å². The minimum absolute atomic E-state index is 0.165. The summed E-state index contributed by atoms with van der Waals surface area (Å²) in [6.07, 6.45) is 0. The summed E-state index contributed by atoms with van der Waals surface area (Å²) in [6, 6.07) is 68.8. The van der Waals surface area contributed by atoms with Crippen LogP contribution in [-0.4, -0.2) is 0 Å². The highest BCUT2D eigenvalue weighted by atomic mass is 19.1. The fourth-order valence-electron chi connectivity index (χ4n) is 10.5. The van der Waals surface area contributed by atoms with Gasteiger partial charge in [0.2, 0.25) is 0 Å². The Morgan fingerprint density at radius 2 is 0.966 bits per heavy atom. The monoisotopic (exact) mass is 759 g/mol. The van der Waals surface area contributed by atoms with E-state index in [1.807, 2.05) is 12.1 Å². The predicted octanol–water partition coefficient (Wildman–Crippen LogP) is 14.9. The number of nitrogens with zero attached hydrogens (tertiary/aromatic N) is 1. The zero-order valence-corrected chi connectivity index (χ0v) is 32.7. The number of benzene rings is 9. The van der Waals surface area contributed by atoms with Crippen molar-refractivity contribution in [1.29, 1.82) is 0 Å². The minimum Gasteiger partial charge on any atom is -0.456 e. The third-order valence-electron chi connectivity index (χ3n) is 13.2. The normalized spacial score (nSPS) is 16.1. The van der Waals surface area contributed by atoms with Crippen LogP contribution in [0.1, 0.15) is 47.2 Å². The van der Waals surface area contributed by atoms with E-state index in [0.717, 1.165) is 61.6 Å². The van der Waals surface area contributed by atoms with Gasteiger partial charge < -0.3 is 9.64 Å². The third-order valence-corrected chi connectivity index (χ3v) is 13.2. The van der Waals surface area contributed by atoms with Gasteiger partial charge in [0.15, 0.2) is 0 Å². The van der Waals surface area contributed by atoms with Gasteiger partial charge in [-0.15, -0.1) is 0 Å². The molecule has 1 aliphatic heterocycles. The highest BCUT2D eigenvalue weighted by molar-refractivity contribution is 5.97. The number of halogens is 1. The number of hydrogen-bond donors (Lipinski definition) is 0. The molecule has 9 aromatic rings. The molecule has 1 unspecified atom stereocenters. The van der Waals surface area contributed by atoms with E-state index in [4.69, 9.17) is 4.74 Å². The Hall–Kier alpha value is -7.23. The Morgan fingerprint density at radius 1 is 0.424 bits per heavy atom. The average molecular weight is 760 g/mol. The maximum atomic E-state index is 13.9. The first kappa shape index (κ1) is 33.9. The van der Waals surface area contributed by atoms with Crippen LogP contribution in [0.2, 0.25) is 0 Å². The number of fused-ring (bicyclic) bond motifs is 14. The topological polar surface area (TPSA) is 12.5 Å². The molecule has 2 nitrogen and oxygen atoms in total. The van der Waals surface area contributed by atoms with E-state index >= 15 is 0 Å². The Kier molecular flexibility index (Phi) is 7.11. The molecule has 0 amide bonds. The standard InChI is InChI=1S/C56H38FNO/c1-55(2)47-15-7-5-13-43(47)45-30-28-40(33-51(45)55)58(39-26-21-36(22-27-39)35-19-24-38(57)25-20-35)41-29-31-46-44-14-6-8-16-48(44)56(52(46)34-41)49-17-9-10-18-53(49)59-54-42-12-4-3-11-37(42)23-32-50(54)56/h3-34H,1-2H3. The van der Waals surface area contributed by atoms with Crippen LogP contribution in [-0.2, 0) is 10.8 Å². The molecule has 2 aliphatic carbocycles. The Morgan fingerprint density at radius 3 is 1.71 bits per heavy atom. The van der Waals surface area contributed by atoms with Gasteiger partial charge >= 0.3 is 0 Å². The highest BCUT2D eigenvalue weighted by Gasteiger charge is 2.51. The smallest absolute Gasteiger partial charge is 0.140 e. The van der Waals surface area contributed by atoms with Crippen molar-refractivity contribution >= 4 is 27.8 Å². The van der Waals surface area contributed by atoms with Crippen molar-refractivity contribution < 1.29 is 9.13 Å². The number of para-hydroxylation sites is 1. The molecule has 0 fully saturated rings. The molecule has 0 N–H and O–H groups in total. The molecule has 3 aliphatic rings. The van der Waals surface area contributed by atoms with E-state index in [0.29, 0.717) is 0 Å². The summed E-state index contributed by atoms with van der Waals surface area (Å²) in [5.41, 5.74) is 16.9. The number of rotatable bonds is 4. The lowest BCUT2D eigenvalue weighted by Crippen LogP contribution is -2.32. The molecule has 1 spiro atoms. The van der Waals surface area contributed by atoms with E-state index in [9.17, 15) is 4.39 Å². The van der Waals surface area contributed by atoms with E-state index in [2.05, 4.69) is 189 Å². The third kappa shape index (κ3) is 4.73. The van der Waals surface area contributed by atoms with Gasteiger partial charge in [-0.3, -0.25) is 0 Å². The first-order valence-electron chi connectivity index (χ1n) is 20.4. The summed E-state index contributed by atoms with van der Waals surface area (Å²) < 4.78 is 20.9. The second-order valence-electron chi connectivity index (χ2n) is 16.6. The average Bonchev–Trinajstić information content (AvgIpc) is 3.69. The number of anilines is 3. The summed E-state index contributed by atoms with van der Waals surface area (Å²) in [6.45, 7) is 4.67. The van der Waals surface area contributed by atoms with Crippen molar-refractivity contribution in [3.05, 3.63) is 233 Å². The Labute approximate surface area is 343 Å². The molecular formula is C56H38FNO. The molecule has 3 heteroatoms. The molecule has 59 heavy (non-hydrogen) atoms. The molecular weight excluding hydrogens is 722 g/mol. The van der Waals surface area contributed by atoms with E-state index in [-0.39, 0.29) is 11.2 Å². The first-order valence-corrected chi connectivity index (χ1v) is 20.4. The molecule has 0 saturated carbocycles. The quantitative estimate of drug-likeness (QED) is 0.177. The molecule has 1 heterocycles. The van der Waals surface area contributed by atoms with Gasteiger partial charge in [0.05, 0.1) is 5.41 Å². The summed E-state index contributed by atoms with van der Waals surface area (Å²) in [5, 5.41) is 2.25. The van der Waals surface area contributed by atoms with E-state index in [1.165, 1.54) is 56.6 Å². The first-order chi connectivity index (χ1) is 28.9. The van der Waals surface area contributed by atoms with Crippen LogP contribution in [0.3, 0.4) is 0 Å². The number of ether oxygens (including phenoxy) is 1. The molecule has 1 atom stereocenters. The van der Waals surface area contributed by atoms with Crippen molar-refractivity contribution in [3.63, 3.8) is 0 Å². The summed E-state index contributed by atoms with van der Waals surface area (Å²) >= 11 is 0. The van der Waals surface area contributed by atoms with Crippen molar-refractivity contribution in [2.45, 2.75) is 24.7 Å². The summed E-state index contributed by atoms with van der Waals surface area (Å²) in [5.74, 6) is 1.54. The molecule has 0 radical (unpaired) electrons. The van der Waals surface area contributed by atoms with Crippen molar-refractivity contribution in [2.75, 3.05) is 4.90 Å². The predicted molar refractivity (Wildman–Crippen MR) is 239 cm³/mol. The van der Waals surface area contributed by atoms with Crippen molar-refractivity contribution in [3.8, 4) is 44.9 Å². The second kappa shape index (κ2) is 12.4. The summed E-state index contributed by atoms with van der Waals surface area (Å²) in [4.78, 5) is 2.40. The van der Waals surface area contributed by atoms with Crippen molar-refractivity contribution in [2.24, 2.45) is 0 Å². The Bertz CT molecular complexity index is 3180. The second-order valence-corrected chi connectivity index (χ2v) is 16.6. The largest absolute Gasteiger partial charge is 0.456 e. The molecule has 0 bridgehead atoms. The minimum atomic E-state index is -0.629. The van der Waals surface area contributed by atoms with Crippen LogP contribution in [0.5, 0.6) is 11.5 Å². The van der Waals surface area contributed by atoms with Gasteiger partial charge in [-0.05, 0) is 116 Å². The molecule has 280 valence electrons. The van der Waals surface area contributed by atoms with E-state index < -0.39 is 5.41 Å². The van der Waals surface area contributed by atoms with Gasteiger partial charge in [0.25, 0.3) is 0 Å². The maximum Gasteiger partial charge on any atom is 0.140 e. The van der Waals surface area contributed by atoms with Crippen LogP contribution in [0.25, 0.3) is 44.2 Å². The van der Waals surface area contributed by atoms with Gasteiger partial charge in [-0.2, -0.15) is 0 Å². The lowest BCUT2D eigenvalue weighted by Gasteiger charge is -2.40. The molecule has 0 aromatic heterocycles. The van der Waals surface area contributed by atoms with Gasteiger partial charge in [0, 0.05) is 39.0 Å². The van der Waals surface area contributed by atoms with Crippen LogP contribution < -0.4 is 9.64 Å². The van der Waals surface area contributed by atoms with Gasteiger partial charge in [-0.1, -0.05) is 153 Å². The molecule has 12 rings (SSSR count). The fraction of sp³-hybridized carbons (Fsp3) is 0.0714. The maximum absolute atomic E-state index is 13.9. The van der Waals surface area contributed by atoms with Crippen LogP contribution >= 0.6 is 0 Å². The van der Waals surface area contributed by atoms with Gasteiger partial charge in [0.1, 0.15) is 17.3 Å². The lowest BCUT2D eigenvalue weighted by atomic mass is 9.65. The van der Waals surface area contributed by atoms with Gasteiger partial charge in [-0.25, -0.2) is 4.39 Å².